The predicted octanol–water partition coefficient (Wildman–Crippen LogP) is 2.16. The van der Waals surface area contributed by atoms with Crippen molar-refractivity contribution in [1.29, 1.82) is 0 Å². The number of benzene rings is 2. The van der Waals surface area contributed by atoms with Crippen LogP contribution in [0.3, 0.4) is 0 Å². The minimum Gasteiger partial charge on any atom is -0.490 e. The Kier molecular flexibility index (Phi) is 4.06. The van der Waals surface area contributed by atoms with Crippen LogP contribution in [0.25, 0.3) is 11.1 Å². The molecule has 0 fully saturated rings. The van der Waals surface area contributed by atoms with Crippen LogP contribution in [0.2, 0.25) is 0 Å². The van der Waals surface area contributed by atoms with Gasteiger partial charge in [0.25, 0.3) is 10.1 Å². The molecule has 0 aliphatic heterocycles. The van der Waals surface area contributed by atoms with E-state index < -0.39 is 10.1 Å². The Morgan fingerprint density at radius 1 is 1.10 bits per heavy atom. The van der Waals surface area contributed by atoms with E-state index in [1.54, 1.807) is 31.2 Å². The molecule has 2 rings (SSSR count). The van der Waals surface area contributed by atoms with Crippen LogP contribution in [0.15, 0.2) is 41.3 Å². The molecule has 21 heavy (non-hydrogen) atoms. The lowest BCUT2D eigenvalue weighted by Crippen LogP contribution is -2.08. The second kappa shape index (κ2) is 5.63. The molecule has 0 unspecified atom stereocenters. The average Bonchev–Trinajstić information content (AvgIpc) is 2.41. The number of hydrogen-bond acceptors (Lipinski definition) is 5. The number of nitrogens with two attached hydrogens (primary N) is 2. The number of rotatable bonds is 4. The Hall–Kier alpha value is -2.25. The van der Waals surface area contributed by atoms with Crippen LogP contribution in [-0.4, -0.2) is 19.6 Å². The van der Waals surface area contributed by atoms with Crippen LogP contribution in [0, 0.1) is 0 Å². The first-order chi connectivity index (χ1) is 9.84. The largest absolute Gasteiger partial charge is 0.490 e. The van der Waals surface area contributed by atoms with Gasteiger partial charge in [-0.1, -0.05) is 18.2 Å². The molecule has 0 saturated heterocycles. The summed E-state index contributed by atoms with van der Waals surface area (Å²) in [6.45, 7) is 1.92. The van der Waals surface area contributed by atoms with Crippen LogP contribution in [0.1, 0.15) is 6.92 Å². The lowest BCUT2D eigenvalue weighted by Gasteiger charge is -2.15. The van der Waals surface area contributed by atoms with Crippen LogP contribution < -0.4 is 16.2 Å². The molecule has 0 saturated carbocycles. The van der Waals surface area contributed by atoms with Crippen molar-refractivity contribution in [2.45, 2.75) is 11.8 Å². The molecule has 0 aromatic heterocycles. The van der Waals surface area contributed by atoms with Gasteiger partial charge in [0.15, 0.2) is 5.75 Å². The van der Waals surface area contributed by atoms with Crippen molar-refractivity contribution >= 4 is 21.5 Å². The normalized spacial score (nSPS) is 11.3. The molecule has 5 N–H and O–H groups in total. The minimum atomic E-state index is -4.50. The van der Waals surface area contributed by atoms with Crippen LogP contribution >= 0.6 is 0 Å². The zero-order valence-electron chi connectivity index (χ0n) is 11.4. The first-order valence-corrected chi connectivity index (χ1v) is 7.67. The predicted molar refractivity (Wildman–Crippen MR) is 81.7 cm³/mol. The number of ether oxygens (including phenoxy) is 1. The molecule has 0 bridgehead atoms. The van der Waals surface area contributed by atoms with Crippen molar-refractivity contribution in [3.8, 4) is 16.9 Å². The van der Waals surface area contributed by atoms with Gasteiger partial charge in [0.05, 0.1) is 12.3 Å². The molecule has 2 aromatic carbocycles. The van der Waals surface area contributed by atoms with E-state index in [9.17, 15) is 13.0 Å². The van der Waals surface area contributed by atoms with Gasteiger partial charge in [0, 0.05) is 11.3 Å². The second-order valence-electron chi connectivity index (χ2n) is 4.39. The summed E-state index contributed by atoms with van der Waals surface area (Å²) in [5, 5.41) is 0. The first kappa shape index (κ1) is 15.1. The maximum absolute atomic E-state index is 11.7. The zero-order chi connectivity index (χ0) is 15.6. The van der Waals surface area contributed by atoms with Crippen molar-refractivity contribution in [2.24, 2.45) is 0 Å². The van der Waals surface area contributed by atoms with Crippen molar-refractivity contribution < 1.29 is 17.7 Å². The summed E-state index contributed by atoms with van der Waals surface area (Å²) in [5.74, 6) is -0.0469. The van der Waals surface area contributed by atoms with Gasteiger partial charge in [-0.15, -0.1) is 0 Å². The van der Waals surface area contributed by atoms with E-state index in [4.69, 9.17) is 16.2 Å². The third-order valence-electron chi connectivity index (χ3n) is 2.91. The molecule has 0 amide bonds. The molecule has 0 heterocycles. The van der Waals surface area contributed by atoms with Gasteiger partial charge < -0.3 is 16.2 Å². The molecule has 7 heteroatoms. The van der Waals surface area contributed by atoms with E-state index in [-0.39, 0.29) is 22.9 Å². The van der Waals surface area contributed by atoms with E-state index in [0.717, 1.165) is 0 Å². The van der Waals surface area contributed by atoms with Gasteiger partial charge in [0.1, 0.15) is 4.90 Å². The molecular formula is C14H16N2O4S. The summed E-state index contributed by atoms with van der Waals surface area (Å²) >= 11 is 0. The van der Waals surface area contributed by atoms with Gasteiger partial charge in [-0.3, -0.25) is 4.55 Å². The Balaban J connectivity index is 2.77. The van der Waals surface area contributed by atoms with Gasteiger partial charge in [0.2, 0.25) is 0 Å². The fourth-order valence-corrected chi connectivity index (χ4v) is 2.89. The molecule has 0 aliphatic rings. The third-order valence-corrected chi connectivity index (χ3v) is 3.83. The number of anilines is 2. The summed E-state index contributed by atoms with van der Waals surface area (Å²) in [4.78, 5) is -0.339. The summed E-state index contributed by atoms with van der Waals surface area (Å²) in [5.41, 5.74) is 12.9. The van der Waals surface area contributed by atoms with Crippen LogP contribution in [-0.2, 0) is 10.1 Å². The SMILES string of the molecule is CCOc1c(N)ccc(-c2ccc(N)cc2)c1S(=O)(=O)O. The van der Waals surface area contributed by atoms with Crippen LogP contribution in [0.5, 0.6) is 5.75 Å². The first-order valence-electron chi connectivity index (χ1n) is 6.23. The Bertz CT molecular complexity index is 755. The smallest absolute Gasteiger partial charge is 0.298 e. The monoisotopic (exact) mass is 308 g/mol. The zero-order valence-corrected chi connectivity index (χ0v) is 12.2. The fraction of sp³-hybridized carbons (Fsp3) is 0.143. The van der Waals surface area contributed by atoms with Gasteiger partial charge in [-0.25, -0.2) is 0 Å². The van der Waals surface area contributed by atoms with Gasteiger partial charge >= 0.3 is 0 Å². The van der Waals surface area contributed by atoms with E-state index in [1.807, 2.05) is 0 Å². The minimum absolute atomic E-state index is 0.0469. The topological polar surface area (TPSA) is 116 Å². The molecule has 112 valence electrons. The highest BCUT2D eigenvalue weighted by molar-refractivity contribution is 7.86. The Labute approximate surface area is 123 Å². The van der Waals surface area contributed by atoms with Gasteiger partial charge in [-0.2, -0.15) is 8.42 Å². The van der Waals surface area contributed by atoms with Gasteiger partial charge in [-0.05, 0) is 30.7 Å². The van der Waals surface area contributed by atoms with E-state index >= 15 is 0 Å². The molecule has 0 atom stereocenters. The quantitative estimate of drug-likeness (QED) is 0.589. The lowest BCUT2D eigenvalue weighted by atomic mass is 10.0. The summed E-state index contributed by atoms with van der Waals surface area (Å²) in [6, 6.07) is 9.65. The van der Waals surface area contributed by atoms with E-state index in [1.165, 1.54) is 12.1 Å². The summed E-state index contributed by atoms with van der Waals surface area (Å²) in [6.07, 6.45) is 0. The summed E-state index contributed by atoms with van der Waals surface area (Å²) in [7, 11) is -4.50. The third kappa shape index (κ3) is 3.09. The fourth-order valence-electron chi connectivity index (χ4n) is 2.02. The number of nitrogen functional groups attached to an aromatic ring is 2. The standard InChI is InChI=1S/C14H16N2O4S/c1-2-20-13-12(16)8-7-11(14(13)21(17,18)19)9-3-5-10(15)6-4-9/h3-8H,2,15-16H2,1H3,(H,17,18,19). The molecule has 2 aromatic rings. The van der Waals surface area contributed by atoms with E-state index in [0.29, 0.717) is 16.8 Å². The maximum Gasteiger partial charge on any atom is 0.298 e. The van der Waals surface area contributed by atoms with Crippen molar-refractivity contribution in [3.63, 3.8) is 0 Å². The highest BCUT2D eigenvalue weighted by Crippen LogP contribution is 2.38. The maximum atomic E-state index is 11.7. The van der Waals surface area contributed by atoms with Crippen molar-refractivity contribution in [1.82, 2.24) is 0 Å². The highest BCUT2D eigenvalue weighted by atomic mass is 32.2. The molecule has 0 radical (unpaired) electrons. The molecule has 0 spiro atoms. The van der Waals surface area contributed by atoms with Crippen molar-refractivity contribution in [2.75, 3.05) is 18.1 Å². The molecule has 6 nitrogen and oxygen atoms in total. The second-order valence-corrected chi connectivity index (χ2v) is 5.75. The molecular weight excluding hydrogens is 292 g/mol. The lowest BCUT2D eigenvalue weighted by molar-refractivity contribution is 0.331. The Morgan fingerprint density at radius 2 is 1.71 bits per heavy atom. The van der Waals surface area contributed by atoms with E-state index in [2.05, 4.69) is 0 Å². The van der Waals surface area contributed by atoms with Crippen LogP contribution in [0.4, 0.5) is 11.4 Å². The van der Waals surface area contributed by atoms with Crippen molar-refractivity contribution in [3.05, 3.63) is 36.4 Å². The highest BCUT2D eigenvalue weighted by Gasteiger charge is 2.24. The summed E-state index contributed by atoms with van der Waals surface area (Å²) < 4.78 is 38.3. The number of hydrogen-bond donors (Lipinski definition) is 3. The average molecular weight is 308 g/mol. The Morgan fingerprint density at radius 3 is 2.24 bits per heavy atom. The molecule has 0 aliphatic carbocycles.